The van der Waals surface area contributed by atoms with Gasteiger partial charge in [0.1, 0.15) is 5.15 Å². The number of pyridine rings is 2. The average molecular weight is 610 g/mol. The molecule has 1 N–H and O–H groups in total. The van der Waals surface area contributed by atoms with E-state index in [1.54, 1.807) is 24.3 Å². The van der Waals surface area contributed by atoms with Crippen molar-refractivity contribution in [3.8, 4) is 0 Å². The highest BCUT2D eigenvalue weighted by molar-refractivity contribution is 6.29. The van der Waals surface area contributed by atoms with Gasteiger partial charge in [-0.15, -0.1) is 0 Å². The molecular weight excluding hydrogens is 584 g/mol. The number of carbonyl (C=O) groups excluding carboxylic acids is 1. The van der Waals surface area contributed by atoms with Gasteiger partial charge in [0.2, 0.25) is 0 Å². The first-order chi connectivity index (χ1) is 19.8. The van der Waals surface area contributed by atoms with Gasteiger partial charge in [-0.3, -0.25) is 14.8 Å². The van der Waals surface area contributed by atoms with Crippen LogP contribution in [0.15, 0.2) is 60.9 Å². The maximum Gasteiger partial charge on any atom is 0.417 e. The second-order valence-corrected chi connectivity index (χ2v) is 10.8. The van der Waals surface area contributed by atoms with Crippen molar-refractivity contribution >= 4 is 29.4 Å². The van der Waals surface area contributed by atoms with Crippen LogP contribution in [0.2, 0.25) is 5.15 Å². The number of hydrogen-bond donors (Lipinski definition) is 1. The smallest absolute Gasteiger partial charge is 0.334 e. The van der Waals surface area contributed by atoms with Crippen molar-refractivity contribution in [2.24, 2.45) is 0 Å². The molecule has 0 unspecified atom stereocenters. The molecule has 0 radical (unpaired) electrons. The molecule has 2 aliphatic heterocycles. The van der Waals surface area contributed by atoms with Gasteiger partial charge in [-0.25, -0.2) is 9.78 Å². The number of benzene rings is 1. The Morgan fingerprint density at radius 1 is 0.976 bits per heavy atom. The van der Waals surface area contributed by atoms with Crippen molar-refractivity contribution in [2.45, 2.75) is 37.2 Å². The normalized spacial score (nSPS) is 17.2. The SMILES string of the molecule is O=C(NCc1ccnc(Cl)c1)N1CC2(CCN(C/C=C/c3ccc(C(F)(F)F)cn3)CC2)c2cc(C(F)(F)F)ccc21. The third kappa shape index (κ3) is 6.54. The van der Waals surface area contributed by atoms with Crippen molar-refractivity contribution in [1.29, 1.82) is 0 Å². The summed E-state index contributed by atoms with van der Waals surface area (Å²) in [5.41, 5.74) is -0.157. The zero-order valence-electron chi connectivity index (χ0n) is 22.1. The molecule has 6 nitrogen and oxygen atoms in total. The van der Waals surface area contributed by atoms with E-state index < -0.39 is 34.9 Å². The minimum atomic E-state index is -4.52. The summed E-state index contributed by atoms with van der Waals surface area (Å²) in [6.07, 6.45) is -2.20. The van der Waals surface area contributed by atoms with Gasteiger partial charge in [-0.2, -0.15) is 26.3 Å². The molecule has 5 rings (SSSR count). The Hall–Kier alpha value is -3.64. The Morgan fingerprint density at radius 3 is 2.33 bits per heavy atom. The molecule has 3 aromatic rings. The molecule has 2 aromatic heterocycles. The van der Waals surface area contributed by atoms with Crippen LogP contribution in [-0.4, -0.2) is 47.1 Å². The second kappa shape index (κ2) is 11.6. The molecular formula is C29H26ClF6N5O. The van der Waals surface area contributed by atoms with E-state index in [1.165, 1.54) is 23.2 Å². The van der Waals surface area contributed by atoms with Gasteiger partial charge in [0.25, 0.3) is 0 Å². The number of urea groups is 1. The van der Waals surface area contributed by atoms with Crippen molar-refractivity contribution in [2.75, 3.05) is 31.1 Å². The number of anilines is 1. The van der Waals surface area contributed by atoms with Gasteiger partial charge in [0.05, 0.1) is 16.8 Å². The van der Waals surface area contributed by atoms with Crippen LogP contribution < -0.4 is 10.2 Å². The van der Waals surface area contributed by atoms with Crippen molar-refractivity contribution < 1.29 is 31.1 Å². The standard InChI is InChI=1S/C29H26ClF6N5O/c30-25-14-19(7-10-37-25)16-39-26(42)41-18-27(23-15-20(28(31,32)33)4-6-24(23)41)8-12-40(13-9-27)11-1-2-22-5-3-21(17-38-22)29(34,35)36/h1-7,10,14-15,17H,8-9,11-13,16,18H2,(H,39,42)/b2-1+. The maximum absolute atomic E-state index is 13.6. The first kappa shape index (κ1) is 29.8. The molecule has 222 valence electrons. The fourth-order valence-corrected chi connectivity index (χ4v) is 5.63. The van der Waals surface area contributed by atoms with Gasteiger partial charge < -0.3 is 5.32 Å². The molecule has 2 aliphatic rings. The van der Waals surface area contributed by atoms with Crippen LogP contribution in [0.3, 0.4) is 0 Å². The molecule has 13 heteroatoms. The van der Waals surface area contributed by atoms with Gasteiger partial charge in [-0.05, 0) is 85.6 Å². The largest absolute Gasteiger partial charge is 0.417 e. The zero-order chi connectivity index (χ0) is 30.1. The van der Waals surface area contributed by atoms with Gasteiger partial charge in [0, 0.05) is 43.1 Å². The second-order valence-electron chi connectivity index (χ2n) is 10.4. The molecule has 1 saturated heterocycles. The Bertz CT molecular complexity index is 1470. The first-order valence-electron chi connectivity index (χ1n) is 13.1. The average Bonchev–Trinajstić information content (AvgIpc) is 3.25. The molecule has 0 bridgehead atoms. The number of alkyl halides is 6. The topological polar surface area (TPSA) is 61.4 Å². The van der Waals surface area contributed by atoms with E-state index in [-0.39, 0.29) is 18.2 Å². The monoisotopic (exact) mass is 609 g/mol. The molecule has 1 spiro atoms. The molecule has 0 aliphatic carbocycles. The third-order valence-corrected chi connectivity index (χ3v) is 7.91. The number of fused-ring (bicyclic) bond motifs is 2. The number of piperidine rings is 1. The molecule has 1 fully saturated rings. The predicted molar refractivity (Wildman–Crippen MR) is 146 cm³/mol. The van der Waals surface area contributed by atoms with Crippen LogP contribution in [0, 0.1) is 0 Å². The highest BCUT2D eigenvalue weighted by Gasteiger charge is 2.47. The number of halogens is 7. The summed E-state index contributed by atoms with van der Waals surface area (Å²) in [5, 5.41) is 3.11. The highest BCUT2D eigenvalue weighted by atomic mass is 35.5. The Kier molecular flexibility index (Phi) is 8.21. The van der Waals surface area contributed by atoms with Crippen molar-refractivity contribution in [1.82, 2.24) is 20.2 Å². The maximum atomic E-state index is 13.6. The van der Waals surface area contributed by atoms with E-state index in [1.807, 2.05) is 0 Å². The number of nitrogens with one attached hydrogen (secondary N) is 1. The fraction of sp³-hybridized carbons (Fsp3) is 0.345. The van der Waals surface area contributed by atoms with E-state index in [0.717, 1.165) is 30.0 Å². The van der Waals surface area contributed by atoms with Crippen LogP contribution >= 0.6 is 11.6 Å². The quantitative estimate of drug-likeness (QED) is 0.251. The molecule has 0 saturated carbocycles. The highest BCUT2D eigenvalue weighted by Crippen LogP contribution is 2.48. The zero-order valence-corrected chi connectivity index (χ0v) is 22.9. The number of aromatic nitrogens is 2. The Labute approximate surface area is 243 Å². The van der Waals surface area contributed by atoms with Gasteiger partial charge >= 0.3 is 18.4 Å². The van der Waals surface area contributed by atoms with E-state index in [0.29, 0.717) is 49.4 Å². The van der Waals surface area contributed by atoms with Gasteiger partial charge in [-0.1, -0.05) is 17.7 Å². The molecule has 42 heavy (non-hydrogen) atoms. The van der Waals surface area contributed by atoms with Crippen LogP contribution in [-0.2, 0) is 24.3 Å². The lowest BCUT2D eigenvalue weighted by Crippen LogP contribution is -2.47. The summed E-state index contributed by atoms with van der Waals surface area (Å²) >= 11 is 5.92. The summed E-state index contributed by atoms with van der Waals surface area (Å²) in [6, 6.07) is 8.69. The minimum absolute atomic E-state index is 0.175. The van der Waals surface area contributed by atoms with Crippen LogP contribution in [0.1, 0.15) is 40.8 Å². The van der Waals surface area contributed by atoms with E-state index in [4.69, 9.17) is 11.6 Å². The first-order valence-corrected chi connectivity index (χ1v) is 13.5. The molecule has 2 amide bonds. The number of carbonyl (C=O) groups is 1. The summed E-state index contributed by atoms with van der Waals surface area (Å²) in [4.78, 5) is 24.6. The number of amides is 2. The van der Waals surface area contributed by atoms with Crippen molar-refractivity contribution in [3.63, 3.8) is 0 Å². The summed E-state index contributed by atoms with van der Waals surface area (Å²) in [6.45, 7) is 2.03. The van der Waals surface area contributed by atoms with Crippen LogP contribution in [0.4, 0.5) is 36.8 Å². The van der Waals surface area contributed by atoms with E-state index in [2.05, 4.69) is 20.2 Å². The summed E-state index contributed by atoms with van der Waals surface area (Å²) in [5.74, 6) is 0. The van der Waals surface area contributed by atoms with Crippen LogP contribution in [0.25, 0.3) is 6.08 Å². The Balaban J connectivity index is 1.28. The molecule has 0 atom stereocenters. The lowest BCUT2D eigenvalue weighted by molar-refractivity contribution is -0.138. The summed E-state index contributed by atoms with van der Waals surface area (Å²) in [7, 11) is 0. The Morgan fingerprint density at radius 2 is 1.69 bits per heavy atom. The van der Waals surface area contributed by atoms with Crippen molar-refractivity contribution in [3.05, 3.63) is 94.0 Å². The number of rotatable bonds is 5. The number of hydrogen-bond acceptors (Lipinski definition) is 4. The minimum Gasteiger partial charge on any atom is -0.334 e. The number of nitrogens with zero attached hydrogens (tertiary/aromatic N) is 4. The lowest BCUT2D eigenvalue weighted by atomic mass is 9.74. The number of likely N-dealkylation sites (tertiary alicyclic amines) is 1. The molecule has 4 heterocycles. The van der Waals surface area contributed by atoms with Crippen LogP contribution in [0.5, 0.6) is 0 Å². The van der Waals surface area contributed by atoms with E-state index in [9.17, 15) is 31.1 Å². The molecule has 1 aromatic carbocycles. The third-order valence-electron chi connectivity index (χ3n) is 7.71. The lowest BCUT2D eigenvalue weighted by Gasteiger charge is -2.39. The predicted octanol–water partition coefficient (Wildman–Crippen LogP) is 6.94. The van der Waals surface area contributed by atoms with Gasteiger partial charge in [0.15, 0.2) is 0 Å². The van der Waals surface area contributed by atoms with E-state index >= 15 is 0 Å². The summed E-state index contributed by atoms with van der Waals surface area (Å²) < 4.78 is 79.2. The fourth-order valence-electron chi connectivity index (χ4n) is 5.44.